The molecule has 0 heterocycles. The quantitative estimate of drug-likeness (QED) is 0.639. The van der Waals surface area contributed by atoms with Crippen LogP contribution in [0.2, 0.25) is 5.02 Å². The first-order chi connectivity index (χ1) is 13.4. The third-order valence-electron chi connectivity index (χ3n) is 3.70. The Bertz CT molecular complexity index is 864. The van der Waals surface area contributed by atoms with Gasteiger partial charge in [-0.25, -0.2) is 0 Å². The highest BCUT2D eigenvalue weighted by Crippen LogP contribution is 2.37. The third kappa shape index (κ3) is 5.57. The topological polar surface area (TPSA) is 66.0 Å². The lowest BCUT2D eigenvalue weighted by molar-refractivity contribution is -0.111. The molecule has 2 aromatic rings. The Morgan fingerprint density at radius 2 is 1.75 bits per heavy atom. The number of anilines is 1. The van der Waals surface area contributed by atoms with Gasteiger partial charge in [-0.3, -0.25) is 4.79 Å². The van der Waals surface area contributed by atoms with E-state index in [2.05, 4.69) is 5.32 Å². The summed E-state index contributed by atoms with van der Waals surface area (Å²) in [4.78, 5) is 12.3. The molecule has 0 radical (unpaired) electrons. The van der Waals surface area contributed by atoms with Crippen LogP contribution in [0, 0.1) is 0 Å². The van der Waals surface area contributed by atoms with E-state index in [4.69, 9.17) is 30.5 Å². The van der Waals surface area contributed by atoms with E-state index >= 15 is 0 Å². The van der Waals surface area contributed by atoms with Crippen molar-refractivity contribution in [3.63, 3.8) is 0 Å². The van der Waals surface area contributed by atoms with E-state index in [0.717, 1.165) is 0 Å². The van der Waals surface area contributed by atoms with Crippen LogP contribution in [0.3, 0.4) is 0 Å². The van der Waals surface area contributed by atoms with Gasteiger partial charge < -0.3 is 24.3 Å². The lowest BCUT2D eigenvalue weighted by Gasteiger charge is -2.15. The number of benzene rings is 2. The van der Waals surface area contributed by atoms with Gasteiger partial charge in [0.2, 0.25) is 5.91 Å². The second-order valence-electron chi connectivity index (χ2n) is 6.09. The molecular weight excluding hydrogens is 382 g/mol. The molecule has 0 unspecified atom stereocenters. The Morgan fingerprint density at radius 3 is 2.36 bits per heavy atom. The van der Waals surface area contributed by atoms with Gasteiger partial charge in [0.15, 0.2) is 11.5 Å². The first kappa shape index (κ1) is 21.4. The van der Waals surface area contributed by atoms with E-state index in [0.29, 0.717) is 39.3 Å². The maximum Gasteiger partial charge on any atom is 0.248 e. The Morgan fingerprint density at radius 1 is 1.04 bits per heavy atom. The number of hydrogen-bond acceptors (Lipinski definition) is 5. The number of carbonyl (C=O) groups is 1. The summed E-state index contributed by atoms with van der Waals surface area (Å²) < 4.78 is 21.5. The predicted molar refractivity (Wildman–Crippen MR) is 111 cm³/mol. The average molecular weight is 406 g/mol. The summed E-state index contributed by atoms with van der Waals surface area (Å²) in [5.41, 5.74) is 1.24. The fourth-order valence-electron chi connectivity index (χ4n) is 2.43. The molecule has 0 fully saturated rings. The lowest BCUT2D eigenvalue weighted by Crippen LogP contribution is -2.09. The summed E-state index contributed by atoms with van der Waals surface area (Å²) in [5, 5.41) is 3.18. The first-order valence-corrected chi connectivity index (χ1v) is 9.01. The van der Waals surface area contributed by atoms with E-state index in [1.165, 1.54) is 20.3 Å². The summed E-state index contributed by atoms with van der Waals surface area (Å²) in [5.74, 6) is 1.79. The van der Waals surface area contributed by atoms with Gasteiger partial charge in [0.25, 0.3) is 0 Å². The fraction of sp³-hybridized carbons (Fsp3) is 0.286. The van der Waals surface area contributed by atoms with Crippen LogP contribution in [0.1, 0.15) is 19.4 Å². The number of amides is 1. The molecule has 7 heteroatoms. The van der Waals surface area contributed by atoms with E-state index in [1.54, 1.807) is 43.5 Å². The van der Waals surface area contributed by atoms with Crippen LogP contribution in [0.25, 0.3) is 6.08 Å². The summed E-state index contributed by atoms with van der Waals surface area (Å²) in [6, 6.07) is 8.60. The normalized spacial score (nSPS) is 10.8. The minimum atomic E-state index is -0.318. The molecule has 150 valence electrons. The van der Waals surface area contributed by atoms with E-state index < -0.39 is 0 Å². The number of ether oxygens (including phenoxy) is 4. The van der Waals surface area contributed by atoms with Gasteiger partial charge in [0, 0.05) is 12.1 Å². The molecule has 0 aromatic heterocycles. The minimum absolute atomic E-state index is 0.0435. The van der Waals surface area contributed by atoms with Crippen LogP contribution in [-0.4, -0.2) is 33.3 Å². The number of methoxy groups -OCH3 is 3. The van der Waals surface area contributed by atoms with Gasteiger partial charge >= 0.3 is 0 Å². The van der Waals surface area contributed by atoms with E-state index in [9.17, 15) is 4.79 Å². The maximum atomic E-state index is 12.3. The Balaban J connectivity index is 2.17. The molecule has 0 saturated heterocycles. The molecule has 1 N–H and O–H groups in total. The maximum absolute atomic E-state index is 12.3. The van der Waals surface area contributed by atoms with Crippen molar-refractivity contribution in [1.29, 1.82) is 0 Å². The number of hydrogen-bond donors (Lipinski definition) is 1. The second kappa shape index (κ2) is 9.90. The molecule has 0 spiro atoms. The number of halogens is 1. The van der Waals surface area contributed by atoms with Crippen molar-refractivity contribution in [1.82, 2.24) is 0 Å². The van der Waals surface area contributed by atoms with Crippen LogP contribution in [0.5, 0.6) is 23.0 Å². The zero-order chi connectivity index (χ0) is 20.7. The summed E-state index contributed by atoms with van der Waals surface area (Å²) in [6.07, 6.45) is 2.99. The van der Waals surface area contributed by atoms with Gasteiger partial charge in [0.05, 0.1) is 38.1 Å². The van der Waals surface area contributed by atoms with Crippen molar-refractivity contribution in [2.24, 2.45) is 0 Å². The molecule has 0 aliphatic heterocycles. The molecule has 6 nitrogen and oxygen atoms in total. The van der Waals surface area contributed by atoms with Gasteiger partial charge in [-0.2, -0.15) is 0 Å². The van der Waals surface area contributed by atoms with Crippen LogP contribution in [0.4, 0.5) is 5.69 Å². The molecule has 0 saturated carbocycles. The summed E-state index contributed by atoms with van der Waals surface area (Å²) in [6.45, 7) is 3.81. The smallest absolute Gasteiger partial charge is 0.248 e. The molecule has 0 bridgehead atoms. The molecule has 0 aliphatic carbocycles. The molecule has 0 atom stereocenters. The number of rotatable bonds is 8. The van der Waals surface area contributed by atoms with Crippen molar-refractivity contribution >= 4 is 29.3 Å². The Labute approximate surface area is 170 Å². The van der Waals surface area contributed by atoms with Crippen LogP contribution in [0.15, 0.2) is 36.4 Å². The van der Waals surface area contributed by atoms with Crippen LogP contribution in [-0.2, 0) is 4.79 Å². The van der Waals surface area contributed by atoms with Crippen LogP contribution >= 0.6 is 11.6 Å². The third-order valence-corrected chi connectivity index (χ3v) is 3.98. The molecule has 2 aromatic carbocycles. The fourth-order valence-corrected chi connectivity index (χ4v) is 2.70. The lowest BCUT2D eigenvalue weighted by atomic mass is 10.1. The van der Waals surface area contributed by atoms with Crippen molar-refractivity contribution in [3.8, 4) is 23.0 Å². The highest BCUT2D eigenvalue weighted by atomic mass is 35.5. The van der Waals surface area contributed by atoms with Gasteiger partial charge in [-0.05, 0) is 49.8 Å². The predicted octanol–water partition coefficient (Wildman–Crippen LogP) is 4.80. The highest BCUT2D eigenvalue weighted by Gasteiger charge is 2.13. The molecule has 28 heavy (non-hydrogen) atoms. The Hall–Kier alpha value is -2.86. The van der Waals surface area contributed by atoms with Gasteiger partial charge in [-0.1, -0.05) is 11.6 Å². The SMILES string of the molecule is COc1ccc(NC(=O)/C=C/c2cc(Cl)c(OC(C)C)c(OC)c2)c(OC)c1. The van der Waals surface area contributed by atoms with Crippen molar-refractivity contribution in [2.45, 2.75) is 20.0 Å². The minimum Gasteiger partial charge on any atom is -0.497 e. The van der Waals surface area contributed by atoms with Crippen molar-refractivity contribution in [2.75, 3.05) is 26.6 Å². The number of carbonyl (C=O) groups excluding carboxylic acids is 1. The number of nitrogens with one attached hydrogen (secondary N) is 1. The van der Waals surface area contributed by atoms with Crippen LogP contribution < -0.4 is 24.3 Å². The van der Waals surface area contributed by atoms with Gasteiger partial charge in [-0.15, -0.1) is 0 Å². The Kier molecular flexibility index (Phi) is 7.58. The summed E-state index contributed by atoms with van der Waals surface area (Å²) in [7, 11) is 4.62. The molecule has 1 amide bonds. The van der Waals surface area contributed by atoms with Gasteiger partial charge in [0.1, 0.15) is 11.5 Å². The average Bonchev–Trinajstić information content (AvgIpc) is 2.68. The highest BCUT2D eigenvalue weighted by molar-refractivity contribution is 6.32. The zero-order valence-corrected chi connectivity index (χ0v) is 17.3. The molecular formula is C21H24ClNO5. The van der Waals surface area contributed by atoms with E-state index in [-0.39, 0.29) is 12.0 Å². The van der Waals surface area contributed by atoms with E-state index in [1.807, 2.05) is 13.8 Å². The summed E-state index contributed by atoms with van der Waals surface area (Å²) >= 11 is 6.30. The largest absolute Gasteiger partial charge is 0.497 e. The zero-order valence-electron chi connectivity index (χ0n) is 16.5. The first-order valence-electron chi connectivity index (χ1n) is 8.63. The van der Waals surface area contributed by atoms with Crippen molar-refractivity contribution < 1.29 is 23.7 Å². The van der Waals surface area contributed by atoms with Crippen molar-refractivity contribution in [3.05, 3.63) is 47.0 Å². The molecule has 0 aliphatic rings. The monoisotopic (exact) mass is 405 g/mol. The standard InChI is InChI=1S/C21H24ClNO5/c1-13(2)28-21-16(22)10-14(11-19(21)27-5)6-9-20(24)23-17-8-7-15(25-3)12-18(17)26-4/h6-13H,1-5H3,(H,23,24)/b9-6+. The molecule has 2 rings (SSSR count). The second-order valence-corrected chi connectivity index (χ2v) is 6.50.